The van der Waals surface area contributed by atoms with Crippen LogP contribution >= 0.6 is 11.3 Å². The second-order valence-corrected chi connectivity index (χ2v) is 7.54. The van der Waals surface area contributed by atoms with Crippen LogP contribution < -0.4 is 10.3 Å². The quantitative estimate of drug-likeness (QED) is 0.287. The monoisotopic (exact) mass is 436 g/mol. The first-order chi connectivity index (χ1) is 14.9. The number of aromatic hydroxyl groups is 1. The number of thiophene rings is 1. The van der Waals surface area contributed by atoms with Crippen LogP contribution in [0.25, 0.3) is 21.3 Å². The normalized spacial score (nSPS) is 11.3. The summed E-state index contributed by atoms with van der Waals surface area (Å²) in [5, 5.41) is 27.5. The topological polar surface area (TPSA) is 120 Å². The number of fused-ring (bicyclic) bond motifs is 1. The number of hydrogen-bond donors (Lipinski definition) is 1. The number of benzene rings is 2. The molecule has 0 aliphatic carbocycles. The number of phenols is 1. The highest BCUT2D eigenvalue weighted by atomic mass is 32.1. The number of hydrogen-bond acceptors (Lipinski definition) is 8. The zero-order valence-electron chi connectivity index (χ0n) is 16.5. The van der Waals surface area contributed by atoms with E-state index >= 15 is 0 Å². The molecule has 0 bridgehead atoms. The fourth-order valence-corrected chi connectivity index (χ4v) is 3.97. The fourth-order valence-electron chi connectivity index (χ4n) is 3.06. The lowest BCUT2D eigenvalue weighted by molar-refractivity contribution is -0.386. The first-order valence-electron chi connectivity index (χ1n) is 9.04. The molecule has 0 fully saturated rings. The summed E-state index contributed by atoms with van der Waals surface area (Å²) in [6.07, 6.45) is 2.56. The highest BCUT2D eigenvalue weighted by Crippen LogP contribution is 2.36. The van der Waals surface area contributed by atoms with Gasteiger partial charge in [-0.2, -0.15) is 9.78 Å². The Bertz CT molecular complexity index is 1390. The second-order valence-electron chi connectivity index (χ2n) is 6.68. The predicted octanol–water partition coefficient (Wildman–Crippen LogP) is 3.94. The van der Waals surface area contributed by atoms with Gasteiger partial charge >= 0.3 is 5.69 Å². The summed E-state index contributed by atoms with van der Waals surface area (Å²) in [7, 11) is 1.28. The number of phenolic OH excluding ortho intramolecular Hbond substituents is 1. The third-order valence-corrected chi connectivity index (χ3v) is 5.55. The summed E-state index contributed by atoms with van der Waals surface area (Å²) in [6, 6.07) is 10.3. The Labute approximate surface area is 179 Å². The molecule has 4 aromatic rings. The van der Waals surface area contributed by atoms with Crippen LogP contribution in [0.4, 0.5) is 5.69 Å². The van der Waals surface area contributed by atoms with E-state index in [2.05, 4.69) is 10.1 Å². The van der Waals surface area contributed by atoms with E-state index in [0.717, 1.165) is 27.4 Å². The average molecular weight is 436 g/mol. The van der Waals surface area contributed by atoms with E-state index in [4.69, 9.17) is 4.74 Å². The number of nitro benzene ring substituents is 1. The van der Waals surface area contributed by atoms with E-state index in [1.807, 2.05) is 36.6 Å². The van der Waals surface area contributed by atoms with Crippen LogP contribution in [0.5, 0.6) is 11.5 Å². The van der Waals surface area contributed by atoms with Gasteiger partial charge in [0.1, 0.15) is 11.2 Å². The van der Waals surface area contributed by atoms with Crippen LogP contribution in [0.2, 0.25) is 0 Å². The molecule has 2 aromatic heterocycles. The Kier molecular flexibility index (Phi) is 5.22. The molecule has 156 valence electrons. The molecule has 1 N–H and O–H groups in total. The van der Waals surface area contributed by atoms with Gasteiger partial charge < -0.3 is 9.84 Å². The lowest BCUT2D eigenvalue weighted by Gasteiger charge is -2.05. The molecule has 9 nitrogen and oxygen atoms in total. The van der Waals surface area contributed by atoms with Crippen LogP contribution in [0.3, 0.4) is 0 Å². The number of nitro groups is 1. The second kappa shape index (κ2) is 8.00. The van der Waals surface area contributed by atoms with Crippen molar-refractivity contribution in [3.05, 3.63) is 79.7 Å². The van der Waals surface area contributed by atoms with Crippen molar-refractivity contribution in [3.8, 4) is 22.6 Å². The minimum Gasteiger partial charge on any atom is -0.500 e. The largest absolute Gasteiger partial charge is 0.500 e. The van der Waals surface area contributed by atoms with Crippen molar-refractivity contribution in [3.63, 3.8) is 0 Å². The molecule has 2 heterocycles. The maximum absolute atomic E-state index is 13.1. The maximum Gasteiger partial charge on any atom is 0.315 e. The number of nitrogens with zero attached hydrogens (tertiary/aromatic N) is 4. The van der Waals surface area contributed by atoms with Crippen molar-refractivity contribution in [1.82, 2.24) is 9.66 Å². The zero-order chi connectivity index (χ0) is 22.1. The Balaban J connectivity index is 1.79. The Morgan fingerprint density at radius 2 is 2.03 bits per heavy atom. The fraction of sp³-hybridized carbons (Fsp3) is 0.0952. The Morgan fingerprint density at radius 3 is 2.71 bits per heavy atom. The molecule has 0 aliphatic heterocycles. The molecule has 0 amide bonds. The van der Waals surface area contributed by atoms with E-state index in [1.54, 1.807) is 0 Å². The van der Waals surface area contributed by atoms with Crippen molar-refractivity contribution in [2.75, 3.05) is 7.11 Å². The number of rotatable bonds is 5. The van der Waals surface area contributed by atoms with E-state index in [9.17, 15) is 20.0 Å². The molecule has 0 aliphatic rings. The highest BCUT2D eigenvalue weighted by molar-refractivity contribution is 7.17. The van der Waals surface area contributed by atoms with E-state index in [-0.39, 0.29) is 16.9 Å². The molecule has 0 unspecified atom stereocenters. The standard InChI is InChI=1S/C21H16N4O5S/c1-12-3-5-14(6-4-12)15-10-31-20-18(15)21(27)24(11-22-20)23-9-13-7-16(25(28)29)19(26)17(8-13)30-2/h3-11,26H,1-2H3/b23-9+. The lowest BCUT2D eigenvalue weighted by atomic mass is 10.1. The van der Waals surface area contributed by atoms with Crippen molar-refractivity contribution < 1.29 is 14.8 Å². The van der Waals surface area contributed by atoms with Crippen LogP contribution in [-0.2, 0) is 0 Å². The zero-order valence-corrected chi connectivity index (χ0v) is 17.3. The van der Waals surface area contributed by atoms with Crippen LogP contribution in [0.1, 0.15) is 11.1 Å². The number of aryl methyl sites for hydroxylation is 1. The Morgan fingerprint density at radius 1 is 1.29 bits per heavy atom. The van der Waals surface area contributed by atoms with Crippen molar-refractivity contribution in [2.45, 2.75) is 6.92 Å². The lowest BCUT2D eigenvalue weighted by Crippen LogP contribution is -2.16. The third kappa shape index (κ3) is 3.76. The minimum absolute atomic E-state index is 0.0731. The molecular formula is C21H16N4O5S. The average Bonchev–Trinajstić information content (AvgIpc) is 3.19. The summed E-state index contributed by atoms with van der Waals surface area (Å²) in [6.45, 7) is 1.99. The van der Waals surface area contributed by atoms with E-state index in [0.29, 0.717) is 10.2 Å². The summed E-state index contributed by atoms with van der Waals surface area (Å²) < 4.78 is 6.04. The van der Waals surface area contributed by atoms with Gasteiger partial charge in [0.05, 0.1) is 23.6 Å². The molecule has 0 saturated heterocycles. The van der Waals surface area contributed by atoms with Gasteiger partial charge in [0.25, 0.3) is 5.56 Å². The first kappa shape index (κ1) is 20.2. The summed E-state index contributed by atoms with van der Waals surface area (Å²) >= 11 is 1.37. The molecule has 0 spiro atoms. The molecule has 31 heavy (non-hydrogen) atoms. The van der Waals surface area contributed by atoms with E-state index in [1.165, 1.54) is 37.1 Å². The number of aromatic nitrogens is 2. The van der Waals surface area contributed by atoms with Crippen LogP contribution in [0.15, 0.2) is 58.0 Å². The number of methoxy groups -OCH3 is 1. The van der Waals surface area contributed by atoms with Crippen molar-refractivity contribution in [1.29, 1.82) is 0 Å². The molecule has 10 heteroatoms. The third-order valence-electron chi connectivity index (χ3n) is 4.67. The maximum atomic E-state index is 13.1. The van der Waals surface area contributed by atoms with Gasteiger partial charge in [-0.25, -0.2) is 4.98 Å². The molecule has 4 rings (SSSR count). The molecule has 0 radical (unpaired) electrons. The highest BCUT2D eigenvalue weighted by Gasteiger charge is 2.19. The summed E-state index contributed by atoms with van der Waals surface area (Å²) in [4.78, 5) is 28.4. The summed E-state index contributed by atoms with van der Waals surface area (Å²) in [5.74, 6) is -0.651. The van der Waals surface area contributed by atoms with Gasteiger partial charge in [-0.3, -0.25) is 14.9 Å². The Hall–Kier alpha value is -4.05. The van der Waals surface area contributed by atoms with Gasteiger partial charge in [0.2, 0.25) is 5.75 Å². The number of ether oxygens (including phenoxy) is 1. The van der Waals surface area contributed by atoms with Crippen LogP contribution in [0, 0.1) is 17.0 Å². The first-order valence-corrected chi connectivity index (χ1v) is 9.92. The summed E-state index contributed by atoms with van der Waals surface area (Å²) in [5.41, 5.74) is 2.17. The molecular weight excluding hydrogens is 420 g/mol. The van der Waals surface area contributed by atoms with Gasteiger partial charge in [-0.05, 0) is 18.6 Å². The van der Waals surface area contributed by atoms with Gasteiger partial charge in [-0.1, -0.05) is 29.8 Å². The molecule has 0 atom stereocenters. The van der Waals surface area contributed by atoms with Crippen molar-refractivity contribution >= 4 is 33.5 Å². The van der Waals surface area contributed by atoms with Crippen LogP contribution in [-0.4, -0.2) is 33.0 Å². The van der Waals surface area contributed by atoms with Gasteiger partial charge in [0, 0.05) is 22.6 Å². The van der Waals surface area contributed by atoms with Crippen molar-refractivity contribution in [2.24, 2.45) is 5.10 Å². The van der Waals surface area contributed by atoms with E-state index < -0.39 is 16.4 Å². The van der Waals surface area contributed by atoms with Gasteiger partial charge in [-0.15, -0.1) is 11.3 Å². The van der Waals surface area contributed by atoms with Gasteiger partial charge in [0.15, 0.2) is 5.75 Å². The smallest absolute Gasteiger partial charge is 0.315 e. The SMILES string of the molecule is COc1cc(/C=N/n2cnc3scc(-c4ccc(C)cc4)c3c2=O)cc([N+](=O)[O-])c1O. The predicted molar refractivity (Wildman–Crippen MR) is 118 cm³/mol. The minimum atomic E-state index is -0.728. The molecule has 2 aromatic carbocycles. The molecule has 0 saturated carbocycles.